The molecule has 0 spiro atoms. The smallest absolute Gasteiger partial charge is 0.268 e. The standard InChI is InChI=1S/C15H13N5O2/c16-15-18-10-6-5-8(7-9(10)13(19-15)20-17)14-21-11-3-1-2-4-12(11)22-14/h1-7,14H,17H2,(H3,16,18,19,20). The van der Waals surface area contributed by atoms with Crippen LogP contribution in [0, 0.1) is 0 Å². The number of anilines is 2. The molecule has 7 nitrogen and oxygen atoms in total. The van der Waals surface area contributed by atoms with Crippen molar-refractivity contribution < 1.29 is 9.47 Å². The fourth-order valence-corrected chi connectivity index (χ4v) is 2.46. The summed E-state index contributed by atoms with van der Waals surface area (Å²) in [4.78, 5) is 8.26. The first-order valence-corrected chi connectivity index (χ1v) is 6.71. The van der Waals surface area contributed by atoms with Gasteiger partial charge in [0.2, 0.25) is 5.95 Å². The number of nitrogen functional groups attached to an aromatic ring is 2. The first-order chi connectivity index (χ1) is 10.7. The summed E-state index contributed by atoms with van der Waals surface area (Å²) in [6.07, 6.45) is -0.509. The van der Waals surface area contributed by atoms with E-state index in [1.807, 2.05) is 42.5 Å². The lowest BCUT2D eigenvalue weighted by atomic mass is 10.1. The maximum Gasteiger partial charge on any atom is 0.268 e. The average molecular weight is 295 g/mol. The molecule has 0 saturated heterocycles. The van der Waals surface area contributed by atoms with Gasteiger partial charge in [0.15, 0.2) is 17.3 Å². The van der Waals surface area contributed by atoms with Crippen LogP contribution in [0.25, 0.3) is 10.9 Å². The third-order valence-corrected chi connectivity index (χ3v) is 3.46. The zero-order valence-corrected chi connectivity index (χ0v) is 11.5. The predicted octanol–water partition coefficient (Wildman–Crippen LogP) is 1.97. The molecule has 0 unspecified atom stereocenters. The summed E-state index contributed by atoms with van der Waals surface area (Å²) in [6, 6.07) is 13.1. The third-order valence-electron chi connectivity index (χ3n) is 3.46. The lowest BCUT2D eigenvalue weighted by Crippen LogP contribution is -2.12. The van der Waals surface area contributed by atoms with Crippen LogP contribution in [0.1, 0.15) is 11.9 Å². The second-order valence-corrected chi connectivity index (χ2v) is 4.87. The van der Waals surface area contributed by atoms with Crippen molar-refractivity contribution >= 4 is 22.7 Å². The van der Waals surface area contributed by atoms with E-state index in [9.17, 15) is 0 Å². The molecular formula is C15H13N5O2. The highest BCUT2D eigenvalue weighted by atomic mass is 16.7. The Labute approximate surface area is 125 Å². The first kappa shape index (κ1) is 12.7. The summed E-state index contributed by atoms with van der Waals surface area (Å²) in [5.74, 6) is 7.56. The molecule has 0 fully saturated rings. The van der Waals surface area contributed by atoms with Gasteiger partial charge >= 0.3 is 0 Å². The minimum absolute atomic E-state index is 0.161. The molecule has 0 saturated carbocycles. The molecule has 0 bridgehead atoms. The Balaban J connectivity index is 1.76. The number of benzene rings is 2. The molecule has 2 heterocycles. The van der Waals surface area contributed by atoms with Crippen LogP contribution < -0.4 is 26.5 Å². The molecule has 1 aromatic heterocycles. The van der Waals surface area contributed by atoms with E-state index in [1.54, 1.807) is 0 Å². The van der Waals surface area contributed by atoms with Gasteiger partial charge in [-0.15, -0.1) is 0 Å². The zero-order valence-electron chi connectivity index (χ0n) is 11.5. The van der Waals surface area contributed by atoms with Gasteiger partial charge in [-0.25, -0.2) is 10.8 Å². The Morgan fingerprint density at radius 1 is 1.00 bits per heavy atom. The van der Waals surface area contributed by atoms with Crippen molar-refractivity contribution in [2.45, 2.75) is 6.29 Å². The van der Waals surface area contributed by atoms with Gasteiger partial charge < -0.3 is 20.6 Å². The van der Waals surface area contributed by atoms with Gasteiger partial charge in [0, 0.05) is 10.9 Å². The minimum Gasteiger partial charge on any atom is -0.447 e. The van der Waals surface area contributed by atoms with Crippen molar-refractivity contribution in [3.63, 3.8) is 0 Å². The van der Waals surface area contributed by atoms with Crippen molar-refractivity contribution in [3.8, 4) is 11.5 Å². The molecule has 0 amide bonds. The highest BCUT2D eigenvalue weighted by molar-refractivity contribution is 5.90. The molecule has 3 aromatic rings. The number of hydrazine groups is 1. The van der Waals surface area contributed by atoms with E-state index >= 15 is 0 Å². The van der Waals surface area contributed by atoms with Crippen molar-refractivity contribution in [1.82, 2.24) is 9.97 Å². The largest absolute Gasteiger partial charge is 0.447 e. The molecule has 0 radical (unpaired) electrons. The summed E-state index contributed by atoms with van der Waals surface area (Å²) in [5, 5.41) is 0.748. The summed E-state index contributed by atoms with van der Waals surface area (Å²) in [7, 11) is 0. The van der Waals surface area contributed by atoms with Gasteiger partial charge in [-0.2, -0.15) is 4.98 Å². The number of nitrogens with zero attached hydrogens (tertiary/aromatic N) is 2. The van der Waals surface area contributed by atoms with E-state index in [4.69, 9.17) is 21.1 Å². The topological polar surface area (TPSA) is 108 Å². The lowest BCUT2D eigenvalue weighted by molar-refractivity contribution is 0.0488. The normalized spacial score (nSPS) is 13.5. The van der Waals surface area contributed by atoms with E-state index in [0.717, 1.165) is 22.4 Å². The van der Waals surface area contributed by atoms with Crippen molar-refractivity contribution in [1.29, 1.82) is 0 Å². The number of nitrogens with one attached hydrogen (secondary N) is 1. The Hall–Kier alpha value is -3.06. The number of aromatic nitrogens is 2. The van der Waals surface area contributed by atoms with Crippen LogP contribution in [-0.2, 0) is 0 Å². The first-order valence-electron chi connectivity index (χ1n) is 6.71. The molecule has 4 rings (SSSR count). The van der Waals surface area contributed by atoms with E-state index in [1.165, 1.54) is 0 Å². The summed E-state index contributed by atoms with van der Waals surface area (Å²) >= 11 is 0. The number of fused-ring (bicyclic) bond motifs is 2. The summed E-state index contributed by atoms with van der Waals surface area (Å²) < 4.78 is 11.6. The van der Waals surface area contributed by atoms with Crippen LogP contribution >= 0.6 is 0 Å². The molecule has 0 atom stereocenters. The molecular weight excluding hydrogens is 282 g/mol. The van der Waals surface area contributed by atoms with Crippen LogP contribution in [0.15, 0.2) is 42.5 Å². The molecule has 110 valence electrons. The highest BCUT2D eigenvalue weighted by Gasteiger charge is 2.25. The van der Waals surface area contributed by atoms with Crippen LogP contribution in [0.2, 0.25) is 0 Å². The van der Waals surface area contributed by atoms with Gasteiger partial charge in [-0.3, -0.25) is 0 Å². The Kier molecular flexibility index (Phi) is 2.73. The molecule has 22 heavy (non-hydrogen) atoms. The number of rotatable bonds is 2. The van der Waals surface area contributed by atoms with Crippen molar-refractivity contribution in [2.75, 3.05) is 11.2 Å². The molecule has 1 aliphatic rings. The number of hydrogen-bond donors (Lipinski definition) is 3. The zero-order chi connectivity index (χ0) is 15.1. The van der Waals surface area contributed by atoms with Crippen molar-refractivity contribution in [2.24, 2.45) is 5.84 Å². The van der Waals surface area contributed by atoms with Crippen LogP contribution in [0.5, 0.6) is 11.5 Å². The van der Waals surface area contributed by atoms with Crippen LogP contribution in [0.4, 0.5) is 11.8 Å². The molecule has 7 heteroatoms. The second kappa shape index (κ2) is 4.74. The lowest BCUT2D eigenvalue weighted by Gasteiger charge is -2.12. The third kappa shape index (κ3) is 1.95. The maximum atomic E-state index is 5.80. The fraction of sp³-hybridized carbons (Fsp3) is 0.0667. The minimum atomic E-state index is -0.509. The monoisotopic (exact) mass is 295 g/mol. The van der Waals surface area contributed by atoms with E-state index in [-0.39, 0.29) is 5.95 Å². The predicted molar refractivity (Wildman–Crippen MR) is 82.2 cm³/mol. The van der Waals surface area contributed by atoms with Gasteiger partial charge in [-0.1, -0.05) is 12.1 Å². The Morgan fingerprint density at radius 2 is 1.73 bits per heavy atom. The summed E-state index contributed by atoms with van der Waals surface area (Å²) in [6.45, 7) is 0. The summed E-state index contributed by atoms with van der Waals surface area (Å²) in [5.41, 5.74) is 9.72. The molecule has 0 aliphatic carbocycles. The van der Waals surface area contributed by atoms with Crippen LogP contribution in [0.3, 0.4) is 0 Å². The van der Waals surface area contributed by atoms with Crippen molar-refractivity contribution in [3.05, 3.63) is 48.0 Å². The highest BCUT2D eigenvalue weighted by Crippen LogP contribution is 2.40. The maximum absolute atomic E-state index is 5.80. The van der Waals surface area contributed by atoms with Gasteiger partial charge in [0.25, 0.3) is 6.29 Å². The van der Waals surface area contributed by atoms with E-state index in [0.29, 0.717) is 11.3 Å². The SMILES string of the molecule is NNc1nc(N)nc2ccc(C3Oc4ccccc4O3)cc12. The van der Waals surface area contributed by atoms with Gasteiger partial charge in [-0.05, 0) is 30.3 Å². The average Bonchev–Trinajstić information content (AvgIpc) is 2.97. The Morgan fingerprint density at radius 3 is 2.41 bits per heavy atom. The van der Waals surface area contributed by atoms with E-state index < -0.39 is 6.29 Å². The van der Waals surface area contributed by atoms with Gasteiger partial charge in [0.1, 0.15) is 0 Å². The Bertz CT molecular complexity index is 843. The molecule has 1 aliphatic heterocycles. The second-order valence-electron chi connectivity index (χ2n) is 4.87. The number of nitrogens with two attached hydrogens (primary N) is 2. The van der Waals surface area contributed by atoms with Gasteiger partial charge in [0.05, 0.1) is 5.52 Å². The number of ether oxygens (including phenoxy) is 2. The number of para-hydroxylation sites is 2. The molecule has 5 N–H and O–H groups in total. The number of hydrogen-bond acceptors (Lipinski definition) is 7. The quantitative estimate of drug-likeness (QED) is 0.490. The fourth-order valence-electron chi connectivity index (χ4n) is 2.46. The molecule has 2 aromatic carbocycles. The van der Waals surface area contributed by atoms with E-state index in [2.05, 4.69) is 15.4 Å². The van der Waals surface area contributed by atoms with Crippen LogP contribution in [-0.4, -0.2) is 9.97 Å².